The summed E-state index contributed by atoms with van der Waals surface area (Å²) >= 11 is 2.01. The van der Waals surface area contributed by atoms with Crippen LogP contribution >= 0.6 is 11.8 Å². The van der Waals surface area contributed by atoms with Crippen LogP contribution in [0.4, 0.5) is 0 Å². The fourth-order valence-electron chi connectivity index (χ4n) is 3.14. The zero-order chi connectivity index (χ0) is 13.7. The van der Waals surface area contributed by atoms with Crippen LogP contribution in [0.1, 0.15) is 52.4 Å². The molecule has 108 valence electrons. The van der Waals surface area contributed by atoms with Gasteiger partial charge in [-0.2, -0.15) is 11.8 Å². The van der Waals surface area contributed by atoms with E-state index in [0.29, 0.717) is 5.78 Å². The molecule has 2 heterocycles. The van der Waals surface area contributed by atoms with Crippen molar-refractivity contribution in [2.24, 2.45) is 5.92 Å². The van der Waals surface area contributed by atoms with Crippen LogP contribution < -0.4 is 0 Å². The van der Waals surface area contributed by atoms with Crippen LogP contribution in [0.25, 0.3) is 0 Å². The zero-order valence-electron chi connectivity index (χ0n) is 12.2. The SMILES string of the molecule is CCC(=CC(=O)C1CCOC2(CCSCC2)C1)CC. The third-order valence-corrected chi connectivity index (χ3v) is 5.54. The fraction of sp³-hybridized carbons (Fsp3) is 0.812. The van der Waals surface area contributed by atoms with Gasteiger partial charge in [0, 0.05) is 12.5 Å². The van der Waals surface area contributed by atoms with Crippen LogP contribution in [0.2, 0.25) is 0 Å². The number of carbonyl (C=O) groups excluding carboxylic acids is 1. The first kappa shape index (κ1) is 15.1. The van der Waals surface area contributed by atoms with Crippen molar-refractivity contribution >= 4 is 17.5 Å². The lowest BCUT2D eigenvalue weighted by atomic mass is 9.79. The number of allylic oxidation sites excluding steroid dienone is 2. The highest BCUT2D eigenvalue weighted by atomic mass is 32.2. The van der Waals surface area contributed by atoms with Crippen molar-refractivity contribution in [3.8, 4) is 0 Å². The average molecular weight is 282 g/mol. The molecule has 2 nitrogen and oxygen atoms in total. The third kappa shape index (κ3) is 3.85. The largest absolute Gasteiger partial charge is 0.375 e. The highest BCUT2D eigenvalue weighted by Gasteiger charge is 2.40. The molecule has 1 spiro atoms. The summed E-state index contributed by atoms with van der Waals surface area (Å²) < 4.78 is 6.06. The molecule has 0 amide bonds. The first-order valence-corrected chi connectivity index (χ1v) is 8.79. The van der Waals surface area contributed by atoms with Crippen LogP contribution in [-0.4, -0.2) is 29.5 Å². The lowest BCUT2D eigenvalue weighted by molar-refractivity contribution is -0.134. The van der Waals surface area contributed by atoms with E-state index in [9.17, 15) is 4.79 Å². The van der Waals surface area contributed by atoms with Gasteiger partial charge >= 0.3 is 0 Å². The molecule has 0 radical (unpaired) electrons. The van der Waals surface area contributed by atoms with Crippen LogP contribution in [0, 0.1) is 5.92 Å². The van der Waals surface area contributed by atoms with Crippen molar-refractivity contribution in [2.45, 2.75) is 58.0 Å². The zero-order valence-corrected chi connectivity index (χ0v) is 13.1. The average Bonchev–Trinajstić information content (AvgIpc) is 2.45. The summed E-state index contributed by atoms with van der Waals surface area (Å²) in [5, 5.41) is 0. The fourth-order valence-corrected chi connectivity index (χ4v) is 4.37. The summed E-state index contributed by atoms with van der Waals surface area (Å²) in [6.07, 6.45) is 8.01. The van der Waals surface area contributed by atoms with Crippen molar-refractivity contribution in [3.63, 3.8) is 0 Å². The van der Waals surface area contributed by atoms with Gasteiger partial charge in [-0.1, -0.05) is 19.4 Å². The molecule has 2 fully saturated rings. The van der Waals surface area contributed by atoms with Gasteiger partial charge in [0.15, 0.2) is 5.78 Å². The van der Waals surface area contributed by atoms with Gasteiger partial charge in [-0.3, -0.25) is 4.79 Å². The molecule has 1 unspecified atom stereocenters. The summed E-state index contributed by atoms with van der Waals surface area (Å²) in [7, 11) is 0. The number of hydrogen-bond acceptors (Lipinski definition) is 3. The van der Waals surface area contributed by atoms with Gasteiger partial charge in [-0.25, -0.2) is 0 Å². The molecule has 1 atom stereocenters. The van der Waals surface area contributed by atoms with E-state index >= 15 is 0 Å². The van der Waals surface area contributed by atoms with Crippen molar-refractivity contribution in [1.29, 1.82) is 0 Å². The van der Waals surface area contributed by atoms with Gasteiger partial charge < -0.3 is 4.74 Å². The van der Waals surface area contributed by atoms with Crippen molar-refractivity contribution in [1.82, 2.24) is 0 Å². The predicted molar refractivity (Wildman–Crippen MR) is 81.6 cm³/mol. The second-order valence-electron chi connectivity index (χ2n) is 5.75. The summed E-state index contributed by atoms with van der Waals surface area (Å²) in [6, 6.07) is 0. The number of rotatable bonds is 4. The molecule has 0 aromatic carbocycles. The second-order valence-corrected chi connectivity index (χ2v) is 6.97. The molecular formula is C16H26O2S. The van der Waals surface area contributed by atoms with Gasteiger partial charge in [0.25, 0.3) is 0 Å². The summed E-state index contributed by atoms with van der Waals surface area (Å²) in [6.45, 7) is 5.03. The Morgan fingerprint density at radius 1 is 1.32 bits per heavy atom. The minimum atomic E-state index is 0.0241. The molecule has 0 aromatic rings. The Bertz CT molecular complexity index is 331. The standard InChI is InChI=1S/C16H26O2S/c1-3-13(4-2)11-15(17)14-5-8-18-16(12-14)6-9-19-10-7-16/h11,14H,3-10,12H2,1-2H3. The monoisotopic (exact) mass is 282 g/mol. The van der Waals surface area contributed by atoms with E-state index in [1.807, 2.05) is 17.8 Å². The molecule has 2 aliphatic rings. The minimum Gasteiger partial charge on any atom is -0.375 e. The van der Waals surface area contributed by atoms with E-state index in [2.05, 4.69) is 13.8 Å². The van der Waals surface area contributed by atoms with Gasteiger partial charge in [-0.05, 0) is 56.1 Å². The molecule has 2 rings (SSSR count). The summed E-state index contributed by atoms with van der Waals surface area (Å²) in [4.78, 5) is 12.4. The quantitative estimate of drug-likeness (QED) is 0.729. The summed E-state index contributed by atoms with van der Waals surface area (Å²) in [5.74, 6) is 2.92. The molecule has 0 bridgehead atoms. The van der Waals surface area contributed by atoms with Crippen LogP contribution in [0.5, 0.6) is 0 Å². The van der Waals surface area contributed by atoms with E-state index < -0.39 is 0 Å². The molecule has 19 heavy (non-hydrogen) atoms. The Balaban J connectivity index is 2.00. The van der Waals surface area contributed by atoms with E-state index in [1.54, 1.807) is 0 Å². The normalized spacial score (nSPS) is 26.1. The van der Waals surface area contributed by atoms with Gasteiger partial charge in [0.05, 0.1) is 5.60 Å². The van der Waals surface area contributed by atoms with Crippen molar-refractivity contribution in [3.05, 3.63) is 11.6 Å². The lowest BCUT2D eigenvalue weighted by Crippen LogP contribution is -2.44. The van der Waals surface area contributed by atoms with Gasteiger partial charge in [0.1, 0.15) is 0 Å². The Kier molecular flexibility index (Phi) is 5.52. The molecule has 0 saturated carbocycles. The Morgan fingerprint density at radius 3 is 2.63 bits per heavy atom. The molecule has 3 heteroatoms. The Morgan fingerprint density at radius 2 is 2.00 bits per heavy atom. The highest BCUT2D eigenvalue weighted by molar-refractivity contribution is 7.99. The van der Waals surface area contributed by atoms with Gasteiger partial charge in [-0.15, -0.1) is 0 Å². The van der Waals surface area contributed by atoms with Crippen molar-refractivity contribution < 1.29 is 9.53 Å². The van der Waals surface area contributed by atoms with E-state index in [1.165, 1.54) is 17.1 Å². The maximum atomic E-state index is 12.4. The molecule has 2 aliphatic heterocycles. The molecule has 2 saturated heterocycles. The number of ketones is 1. The van der Waals surface area contributed by atoms with E-state index in [-0.39, 0.29) is 11.5 Å². The Hall–Kier alpha value is -0.280. The van der Waals surface area contributed by atoms with E-state index in [0.717, 1.165) is 45.1 Å². The summed E-state index contributed by atoms with van der Waals surface area (Å²) in [5.41, 5.74) is 1.31. The first-order valence-electron chi connectivity index (χ1n) is 7.64. The number of ether oxygens (including phenoxy) is 1. The minimum absolute atomic E-state index is 0.0241. The van der Waals surface area contributed by atoms with E-state index in [4.69, 9.17) is 4.74 Å². The number of thioether (sulfide) groups is 1. The maximum Gasteiger partial charge on any atom is 0.158 e. The van der Waals surface area contributed by atoms with Crippen LogP contribution in [-0.2, 0) is 9.53 Å². The second kappa shape index (κ2) is 6.94. The van der Waals surface area contributed by atoms with Gasteiger partial charge in [0.2, 0.25) is 0 Å². The predicted octanol–water partition coefficient (Wildman–Crippen LogP) is 3.99. The maximum absolute atomic E-state index is 12.4. The smallest absolute Gasteiger partial charge is 0.158 e. The lowest BCUT2D eigenvalue weighted by Gasteiger charge is -2.42. The molecule has 0 N–H and O–H groups in total. The molecule has 0 aromatic heterocycles. The Labute approximate surface area is 121 Å². The van der Waals surface area contributed by atoms with Crippen LogP contribution in [0.15, 0.2) is 11.6 Å². The number of hydrogen-bond donors (Lipinski definition) is 0. The topological polar surface area (TPSA) is 26.3 Å². The third-order valence-electron chi connectivity index (χ3n) is 4.55. The van der Waals surface area contributed by atoms with Crippen molar-refractivity contribution in [2.75, 3.05) is 18.1 Å². The molecule has 0 aliphatic carbocycles. The first-order chi connectivity index (χ1) is 9.19. The highest BCUT2D eigenvalue weighted by Crippen LogP contribution is 2.40. The number of carbonyl (C=O) groups is 1. The molecular weight excluding hydrogens is 256 g/mol. The van der Waals surface area contributed by atoms with Crippen LogP contribution in [0.3, 0.4) is 0 Å².